The Bertz CT molecular complexity index is 1470. The van der Waals surface area contributed by atoms with E-state index in [0.29, 0.717) is 11.3 Å². The summed E-state index contributed by atoms with van der Waals surface area (Å²) in [6.07, 6.45) is 1.60. The number of carbonyl (C=O) groups is 4. The van der Waals surface area contributed by atoms with Gasteiger partial charge in [0.1, 0.15) is 5.69 Å². The van der Waals surface area contributed by atoms with E-state index in [2.05, 4.69) is 21.3 Å². The summed E-state index contributed by atoms with van der Waals surface area (Å²) in [5.41, 5.74) is 7.81. The number of hydrazine groups is 1. The van der Waals surface area contributed by atoms with Crippen molar-refractivity contribution < 1.29 is 19.2 Å². The molecule has 3 aromatic carbocycles. The molecule has 0 spiro atoms. The highest BCUT2D eigenvalue weighted by Gasteiger charge is 2.29. The fourth-order valence-corrected chi connectivity index (χ4v) is 3.98. The van der Waals surface area contributed by atoms with Crippen molar-refractivity contribution in [1.82, 2.24) is 30.8 Å². The molecule has 37 heavy (non-hydrogen) atoms. The molecule has 0 atom stereocenters. The van der Waals surface area contributed by atoms with E-state index >= 15 is 0 Å². The molecule has 0 unspecified atom stereocenters. The van der Waals surface area contributed by atoms with Gasteiger partial charge in [0.15, 0.2) is 0 Å². The molecule has 3 N–H and O–H groups in total. The molecular weight excluding hydrogens is 472 g/mol. The number of nitrogens with zero attached hydrogens (tertiary/aromatic N) is 3. The average molecular weight is 495 g/mol. The summed E-state index contributed by atoms with van der Waals surface area (Å²) in [5, 5.41) is 7.06. The zero-order valence-electron chi connectivity index (χ0n) is 19.5. The monoisotopic (exact) mass is 494 g/mol. The summed E-state index contributed by atoms with van der Waals surface area (Å²) < 4.78 is 1.60. The van der Waals surface area contributed by atoms with Crippen LogP contribution in [0.1, 0.15) is 26.3 Å². The molecule has 10 nitrogen and oxygen atoms in total. The molecule has 0 bridgehead atoms. The fraction of sp³-hybridized carbons (Fsp3) is 0.0741. The first-order valence-electron chi connectivity index (χ1n) is 11.5. The quantitative estimate of drug-likeness (QED) is 0.281. The fourth-order valence-electron chi connectivity index (χ4n) is 3.98. The van der Waals surface area contributed by atoms with Gasteiger partial charge < -0.3 is 5.32 Å². The lowest BCUT2D eigenvalue weighted by Crippen LogP contribution is -2.42. The molecule has 2 heterocycles. The summed E-state index contributed by atoms with van der Waals surface area (Å²) in [5.74, 6) is -1.52. The SMILES string of the molecule is O=C(NNC(=O)c1cn(-c2ccccc2)nc1-c1ccccc1)c1ccccc1CN1C(=O)CNC1=O. The largest absolute Gasteiger partial charge is 0.329 e. The molecule has 0 aliphatic carbocycles. The van der Waals surface area contributed by atoms with Crippen molar-refractivity contribution in [3.05, 3.63) is 108 Å². The number of imide groups is 1. The van der Waals surface area contributed by atoms with E-state index in [4.69, 9.17) is 0 Å². The third kappa shape index (κ3) is 4.94. The Morgan fingerprint density at radius 2 is 1.43 bits per heavy atom. The smallest absolute Gasteiger partial charge is 0.324 e. The number of benzene rings is 3. The molecule has 1 aromatic heterocycles. The van der Waals surface area contributed by atoms with Crippen molar-refractivity contribution in [2.75, 3.05) is 6.54 Å². The highest BCUT2D eigenvalue weighted by Crippen LogP contribution is 2.23. The first kappa shape index (κ1) is 23.5. The molecule has 4 aromatic rings. The van der Waals surface area contributed by atoms with E-state index < -0.39 is 17.8 Å². The zero-order chi connectivity index (χ0) is 25.8. The summed E-state index contributed by atoms with van der Waals surface area (Å²) in [6, 6.07) is 24.7. The van der Waals surface area contributed by atoms with Crippen LogP contribution in [-0.2, 0) is 11.3 Å². The number of hydrogen-bond donors (Lipinski definition) is 3. The second-order valence-corrected chi connectivity index (χ2v) is 8.24. The molecule has 1 aliphatic heterocycles. The number of hydrogen-bond acceptors (Lipinski definition) is 5. The summed E-state index contributed by atoms with van der Waals surface area (Å²) >= 11 is 0. The lowest BCUT2D eigenvalue weighted by atomic mass is 10.1. The van der Waals surface area contributed by atoms with Gasteiger partial charge in [-0.25, -0.2) is 9.48 Å². The highest BCUT2D eigenvalue weighted by molar-refractivity contribution is 6.04. The first-order chi connectivity index (χ1) is 18.0. The Kier molecular flexibility index (Phi) is 6.45. The van der Waals surface area contributed by atoms with Crippen molar-refractivity contribution in [2.24, 2.45) is 0 Å². The van der Waals surface area contributed by atoms with Crippen LogP contribution in [-0.4, -0.2) is 45.0 Å². The second-order valence-electron chi connectivity index (χ2n) is 8.24. The number of amides is 5. The Balaban J connectivity index is 1.36. The zero-order valence-corrected chi connectivity index (χ0v) is 19.5. The van der Waals surface area contributed by atoms with Crippen LogP contribution in [0.5, 0.6) is 0 Å². The van der Waals surface area contributed by atoms with Crippen molar-refractivity contribution in [2.45, 2.75) is 6.54 Å². The number of nitrogens with one attached hydrogen (secondary N) is 3. The standard InChI is InChI=1S/C27H22N6O4/c34-23-15-28-27(37)32(23)16-19-11-7-8-14-21(19)25(35)29-30-26(36)22-17-33(20-12-5-2-6-13-20)31-24(22)18-9-3-1-4-10-18/h1-14,17H,15-16H2,(H,28,37)(H,29,35)(H,30,36). The van der Waals surface area contributed by atoms with Crippen molar-refractivity contribution >= 4 is 23.8 Å². The van der Waals surface area contributed by atoms with Gasteiger partial charge in [-0.2, -0.15) is 5.10 Å². The predicted octanol–water partition coefficient (Wildman–Crippen LogP) is 2.67. The third-order valence-electron chi connectivity index (χ3n) is 5.84. The normalized spacial score (nSPS) is 12.8. The van der Waals surface area contributed by atoms with Crippen molar-refractivity contribution in [1.29, 1.82) is 0 Å². The lowest BCUT2D eigenvalue weighted by Gasteiger charge is -2.15. The van der Waals surface area contributed by atoms with Gasteiger partial charge in [-0.3, -0.25) is 30.1 Å². The average Bonchev–Trinajstić information content (AvgIpc) is 3.52. The maximum atomic E-state index is 13.2. The topological polar surface area (TPSA) is 125 Å². The van der Waals surface area contributed by atoms with Crippen LogP contribution in [0.2, 0.25) is 0 Å². The third-order valence-corrected chi connectivity index (χ3v) is 5.84. The molecule has 0 radical (unpaired) electrons. The van der Waals surface area contributed by atoms with Gasteiger partial charge in [-0.15, -0.1) is 0 Å². The minimum absolute atomic E-state index is 0.0653. The molecule has 5 amide bonds. The number of para-hydroxylation sites is 1. The van der Waals surface area contributed by atoms with E-state index in [1.165, 1.54) is 0 Å². The molecule has 0 saturated carbocycles. The summed E-state index contributed by atoms with van der Waals surface area (Å²) in [4.78, 5) is 51.1. The molecule has 10 heteroatoms. The van der Waals surface area contributed by atoms with Crippen LogP contribution in [0, 0.1) is 0 Å². The molecular formula is C27H22N6O4. The second kappa shape index (κ2) is 10.2. The van der Waals surface area contributed by atoms with Crippen molar-refractivity contribution in [3.8, 4) is 16.9 Å². The number of aromatic nitrogens is 2. The summed E-state index contributed by atoms with van der Waals surface area (Å²) in [7, 11) is 0. The lowest BCUT2D eigenvalue weighted by molar-refractivity contribution is -0.125. The Hall–Kier alpha value is -5.25. The molecule has 1 aliphatic rings. The van der Waals surface area contributed by atoms with Crippen LogP contribution in [0.3, 0.4) is 0 Å². The van der Waals surface area contributed by atoms with Crippen LogP contribution in [0.15, 0.2) is 91.1 Å². The highest BCUT2D eigenvalue weighted by atomic mass is 16.2. The molecule has 184 valence electrons. The Labute approximate surface area is 211 Å². The van der Waals surface area contributed by atoms with Crippen LogP contribution < -0.4 is 16.2 Å². The molecule has 1 saturated heterocycles. The van der Waals surface area contributed by atoms with E-state index in [0.717, 1.165) is 16.2 Å². The van der Waals surface area contributed by atoms with Gasteiger partial charge in [0.05, 0.1) is 24.3 Å². The van der Waals surface area contributed by atoms with Crippen LogP contribution in [0.25, 0.3) is 16.9 Å². The van der Waals surface area contributed by atoms with E-state index in [9.17, 15) is 19.2 Å². The number of rotatable bonds is 6. The van der Waals surface area contributed by atoms with Gasteiger partial charge >= 0.3 is 6.03 Å². The van der Waals surface area contributed by atoms with Gasteiger partial charge in [0.2, 0.25) is 5.91 Å². The van der Waals surface area contributed by atoms with Gasteiger partial charge in [0, 0.05) is 17.3 Å². The van der Waals surface area contributed by atoms with Crippen LogP contribution in [0.4, 0.5) is 4.79 Å². The van der Waals surface area contributed by atoms with Gasteiger partial charge in [-0.05, 0) is 23.8 Å². The molecule has 1 fully saturated rings. The van der Waals surface area contributed by atoms with E-state index in [1.54, 1.807) is 35.1 Å². The van der Waals surface area contributed by atoms with Crippen LogP contribution >= 0.6 is 0 Å². The van der Waals surface area contributed by atoms with E-state index in [1.807, 2.05) is 60.7 Å². The Morgan fingerprint density at radius 1 is 0.811 bits per heavy atom. The van der Waals surface area contributed by atoms with Gasteiger partial charge in [0.25, 0.3) is 11.8 Å². The molecule has 5 rings (SSSR count). The minimum atomic E-state index is -0.590. The number of carbonyl (C=O) groups excluding carboxylic acids is 4. The Morgan fingerprint density at radius 3 is 2.11 bits per heavy atom. The minimum Gasteiger partial charge on any atom is -0.329 e. The maximum Gasteiger partial charge on any atom is 0.324 e. The predicted molar refractivity (Wildman–Crippen MR) is 134 cm³/mol. The number of urea groups is 1. The first-order valence-corrected chi connectivity index (χ1v) is 11.5. The van der Waals surface area contributed by atoms with Crippen molar-refractivity contribution in [3.63, 3.8) is 0 Å². The summed E-state index contributed by atoms with van der Waals surface area (Å²) in [6.45, 7) is -0.145. The van der Waals surface area contributed by atoms with Gasteiger partial charge in [-0.1, -0.05) is 66.7 Å². The van der Waals surface area contributed by atoms with E-state index in [-0.39, 0.29) is 30.1 Å². The maximum absolute atomic E-state index is 13.2.